The smallest absolute Gasteiger partial charge is 0.345 e. The average Bonchev–Trinajstić information content (AvgIpc) is 2.15. The van der Waals surface area contributed by atoms with Crippen molar-refractivity contribution in [2.24, 2.45) is 0 Å². The van der Waals surface area contributed by atoms with Gasteiger partial charge in [-0.3, -0.25) is 0 Å². The third-order valence-electron chi connectivity index (χ3n) is 1.42. The highest BCUT2D eigenvalue weighted by atomic mass is 32.1. The molecule has 0 aromatic heterocycles. The predicted octanol–water partition coefficient (Wildman–Crippen LogP) is 0.769. The lowest BCUT2D eigenvalue weighted by molar-refractivity contribution is -0.130. The zero-order chi connectivity index (χ0) is 9.68. The maximum Gasteiger partial charge on any atom is 0.345 e. The van der Waals surface area contributed by atoms with Crippen molar-refractivity contribution in [2.45, 2.75) is 0 Å². The van der Waals surface area contributed by atoms with Crippen LogP contribution in [0.3, 0.4) is 0 Å². The molecule has 0 aliphatic carbocycles. The van der Waals surface area contributed by atoms with E-state index in [1.807, 2.05) is 0 Å². The van der Waals surface area contributed by atoms with Gasteiger partial charge in [0.05, 0.1) is 0 Å². The van der Waals surface area contributed by atoms with E-state index in [0.717, 1.165) is 0 Å². The molecule has 13 heavy (non-hydrogen) atoms. The summed E-state index contributed by atoms with van der Waals surface area (Å²) in [7, 11) is 0. The first-order chi connectivity index (χ1) is 6.25. The second kappa shape index (κ2) is 4.40. The number of rotatable bonds is 2. The van der Waals surface area contributed by atoms with Gasteiger partial charge in [-0.15, -0.1) is 0 Å². The normalized spacial score (nSPS) is 8.62. The van der Waals surface area contributed by atoms with Crippen LogP contribution in [0, 0.1) is 0 Å². The van der Waals surface area contributed by atoms with Crippen molar-refractivity contribution in [3.63, 3.8) is 0 Å². The van der Waals surface area contributed by atoms with Gasteiger partial charge in [-0.2, -0.15) is 0 Å². The number of carbonyl (C=O) groups is 1. The molecule has 0 saturated heterocycles. The van der Waals surface area contributed by atoms with Crippen molar-refractivity contribution in [3.8, 4) is 0 Å². The minimum Gasteiger partial charge on any atom is -0.477 e. The fraction of sp³-hybridized carbons (Fsp3) is 0. The second-order valence-corrected chi connectivity index (χ2v) is 2.60. The predicted molar refractivity (Wildman–Crippen MR) is 50.6 cm³/mol. The molecular weight excluding hydrogens is 188 g/mol. The number of aliphatic carboxylic acids is 1. The van der Waals surface area contributed by atoms with Crippen molar-refractivity contribution in [3.05, 3.63) is 35.9 Å². The van der Waals surface area contributed by atoms with Crippen molar-refractivity contribution in [2.75, 3.05) is 0 Å². The Hall–Kier alpha value is -1.64. The molecule has 0 amide bonds. The fourth-order valence-electron chi connectivity index (χ4n) is 0.873. The Balaban J connectivity index is 3.27. The van der Waals surface area contributed by atoms with Gasteiger partial charge >= 0.3 is 5.97 Å². The van der Waals surface area contributed by atoms with E-state index in [2.05, 4.69) is 5.02 Å². The quantitative estimate of drug-likeness (QED) is 0.558. The molecule has 0 unspecified atom stereocenters. The van der Waals surface area contributed by atoms with Crippen LogP contribution in [-0.2, 0) is 16.1 Å². The Bertz CT molecular complexity index is 398. The highest BCUT2D eigenvalue weighted by molar-refractivity contribution is 7.64. The van der Waals surface area contributed by atoms with E-state index in [-0.39, 0.29) is 16.8 Å². The first-order valence-corrected chi connectivity index (χ1v) is 4.20. The fourth-order valence-corrected chi connectivity index (χ4v) is 1.16. The Morgan fingerprint density at radius 1 is 1.31 bits per heavy atom. The number of carboxylic acids is 1. The van der Waals surface area contributed by atoms with Gasteiger partial charge in [0.15, 0.2) is 0 Å². The zero-order valence-electron chi connectivity index (χ0n) is 6.56. The highest BCUT2D eigenvalue weighted by Crippen LogP contribution is 2.09. The monoisotopic (exact) mass is 194 g/mol. The molecule has 0 aliphatic heterocycles. The van der Waals surface area contributed by atoms with E-state index >= 15 is 0 Å². The van der Waals surface area contributed by atoms with Gasteiger partial charge in [0.25, 0.3) is 0 Å². The minimum absolute atomic E-state index is 0.0150. The van der Waals surface area contributed by atoms with Crippen LogP contribution in [0.25, 0.3) is 5.57 Å². The summed E-state index contributed by atoms with van der Waals surface area (Å²) in [6, 6.07) is 8.41. The minimum atomic E-state index is -1.14. The molecule has 0 heterocycles. The standard InChI is InChI=1S/C9H6O3S/c10-9(11)8(6-13-12)7-4-2-1-3-5-7/h1-5H,(H,10,11). The van der Waals surface area contributed by atoms with Gasteiger partial charge < -0.3 is 5.11 Å². The molecule has 0 atom stereocenters. The van der Waals surface area contributed by atoms with Gasteiger partial charge in [0, 0.05) is 5.02 Å². The molecule has 0 fully saturated rings. The lowest BCUT2D eigenvalue weighted by atomic mass is 10.1. The maximum atomic E-state index is 10.6. The van der Waals surface area contributed by atoms with Gasteiger partial charge in [0.2, 0.25) is 0 Å². The number of benzene rings is 1. The summed E-state index contributed by atoms with van der Waals surface area (Å²) in [6.45, 7) is 0. The van der Waals surface area contributed by atoms with Crippen LogP contribution in [0.15, 0.2) is 30.3 Å². The second-order valence-electron chi connectivity index (χ2n) is 2.23. The van der Waals surface area contributed by atoms with Crippen LogP contribution in [0.2, 0.25) is 0 Å². The lowest BCUT2D eigenvalue weighted by Crippen LogP contribution is -1.99. The number of hydrogen-bond donors (Lipinski definition) is 1. The molecular formula is C9H6O3S. The Kier molecular flexibility index (Phi) is 3.20. The molecule has 0 spiro atoms. The molecule has 66 valence electrons. The molecule has 0 radical (unpaired) electrons. The van der Waals surface area contributed by atoms with Crippen LogP contribution >= 0.6 is 0 Å². The Morgan fingerprint density at radius 2 is 1.92 bits per heavy atom. The summed E-state index contributed by atoms with van der Waals surface area (Å²) in [6.07, 6.45) is 0. The third-order valence-corrected chi connectivity index (χ3v) is 1.71. The largest absolute Gasteiger partial charge is 0.477 e. The lowest BCUT2D eigenvalue weighted by Gasteiger charge is -1.96. The van der Waals surface area contributed by atoms with E-state index in [0.29, 0.717) is 5.56 Å². The Labute approximate surface area is 78.4 Å². The van der Waals surface area contributed by atoms with E-state index in [1.165, 1.54) is 0 Å². The van der Waals surface area contributed by atoms with Crippen LogP contribution < -0.4 is 0 Å². The molecule has 1 aromatic carbocycles. The molecule has 3 nitrogen and oxygen atoms in total. The first-order valence-electron chi connectivity index (χ1n) is 3.46. The molecule has 1 rings (SSSR count). The number of carboxylic acid groups (broad SMARTS) is 1. The maximum absolute atomic E-state index is 10.6. The summed E-state index contributed by atoms with van der Waals surface area (Å²) >= 11 is 0.0150. The summed E-state index contributed by atoms with van der Waals surface area (Å²) in [5.74, 6) is -1.14. The van der Waals surface area contributed by atoms with Gasteiger partial charge in [0.1, 0.15) is 16.8 Å². The van der Waals surface area contributed by atoms with Crippen molar-refractivity contribution >= 4 is 27.8 Å². The van der Waals surface area contributed by atoms with Crippen LogP contribution in [0.5, 0.6) is 0 Å². The van der Waals surface area contributed by atoms with Crippen molar-refractivity contribution < 1.29 is 14.1 Å². The Morgan fingerprint density at radius 3 is 2.38 bits per heavy atom. The molecule has 0 bridgehead atoms. The SMILES string of the molecule is O=S=C=C(C(=O)O)c1ccccc1. The molecule has 1 N–H and O–H groups in total. The van der Waals surface area contributed by atoms with E-state index < -0.39 is 5.97 Å². The molecule has 1 aromatic rings. The third kappa shape index (κ3) is 2.40. The van der Waals surface area contributed by atoms with Gasteiger partial charge in [-0.05, 0) is 5.56 Å². The average molecular weight is 194 g/mol. The molecule has 0 saturated carbocycles. The summed E-state index contributed by atoms with van der Waals surface area (Å²) in [4.78, 5) is 10.6. The zero-order valence-corrected chi connectivity index (χ0v) is 7.38. The first kappa shape index (κ1) is 9.45. The number of hydrogen-bond acceptors (Lipinski definition) is 2. The van der Waals surface area contributed by atoms with Crippen LogP contribution in [0.4, 0.5) is 0 Å². The summed E-state index contributed by atoms with van der Waals surface area (Å²) < 4.78 is 10.1. The topological polar surface area (TPSA) is 54.4 Å². The molecule has 4 heteroatoms. The van der Waals surface area contributed by atoms with E-state index in [9.17, 15) is 9.00 Å². The van der Waals surface area contributed by atoms with Crippen molar-refractivity contribution in [1.29, 1.82) is 0 Å². The van der Waals surface area contributed by atoms with Gasteiger partial charge in [-0.1, -0.05) is 30.3 Å². The molecule has 0 aliphatic rings. The highest BCUT2D eigenvalue weighted by Gasteiger charge is 2.08. The van der Waals surface area contributed by atoms with Gasteiger partial charge in [-0.25, -0.2) is 9.00 Å². The van der Waals surface area contributed by atoms with E-state index in [1.54, 1.807) is 30.3 Å². The van der Waals surface area contributed by atoms with Crippen molar-refractivity contribution in [1.82, 2.24) is 0 Å². The van der Waals surface area contributed by atoms with Crippen LogP contribution in [-0.4, -0.2) is 20.3 Å². The van der Waals surface area contributed by atoms with E-state index in [4.69, 9.17) is 5.11 Å². The summed E-state index contributed by atoms with van der Waals surface area (Å²) in [5.41, 5.74) is 0.388. The summed E-state index contributed by atoms with van der Waals surface area (Å²) in [5, 5.41) is 10.9. The van der Waals surface area contributed by atoms with Crippen LogP contribution in [0.1, 0.15) is 5.56 Å².